The zero-order valence-electron chi connectivity index (χ0n) is 26.1. The van der Waals surface area contributed by atoms with Crippen LogP contribution in [0.4, 0.5) is 0 Å². The molecule has 3 heterocycles. The molecule has 2 N–H and O–H groups in total. The summed E-state index contributed by atoms with van der Waals surface area (Å²) in [6, 6.07) is 17.6. The van der Waals surface area contributed by atoms with Crippen molar-refractivity contribution in [2.24, 2.45) is 11.8 Å². The summed E-state index contributed by atoms with van der Waals surface area (Å²) in [5.74, 6) is -2.66. The summed E-state index contributed by atoms with van der Waals surface area (Å²) in [6.07, 6.45) is 0.609. The molecule has 2 amide bonds. The molecule has 46 heavy (non-hydrogen) atoms. The molecule has 11 heteroatoms. The second-order valence-electron chi connectivity index (χ2n) is 12.4. The van der Waals surface area contributed by atoms with Gasteiger partial charge in [-0.15, -0.1) is 0 Å². The average molecular weight is 629 g/mol. The van der Waals surface area contributed by atoms with Gasteiger partial charge in [-0.05, 0) is 30.5 Å². The summed E-state index contributed by atoms with van der Waals surface area (Å²) in [5.41, 5.74) is -3.07. The Morgan fingerprint density at radius 2 is 1.76 bits per heavy atom. The number of rotatable bonds is 7. The first-order valence-electron chi connectivity index (χ1n) is 15.4. The predicted octanol–water partition coefficient (Wildman–Crippen LogP) is 3.61. The molecule has 2 unspecified atom stereocenters. The van der Waals surface area contributed by atoms with Crippen LogP contribution in [-0.2, 0) is 25.6 Å². The van der Waals surface area contributed by atoms with Gasteiger partial charge in [0.2, 0.25) is 30.0 Å². The highest BCUT2D eigenvalue weighted by molar-refractivity contribution is 6.11. The summed E-state index contributed by atoms with van der Waals surface area (Å²) in [7, 11) is 2.96. The van der Waals surface area contributed by atoms with Gasteiger partial charge in [-0.25, -0.2) is 0 Å². The third kappa shape index (κ3) is 4.03. The first-order valence-corrected chi connectivity index (χ1v) is 15.4. The Balaban J connectivity index is 1.47. The minimum atomic E-state index is -2.40. The molecule has 1 aliphatic carbocycles. The Morgan fingerprint density at radius 1 is 1.02 bits per heavy atom. The van der Waals surface area contributed by atoms with Crippen LogP contribution in [0.2, 0.25) is 0 Å². The molecule has 1 saturated heterocycles. The number of likely N-dealkylation sites (tertiary alicyclic amines) is 1. The van der Waals surface area contributed by atoms with Crippen LogP contribution < -0.4 is 29.0 Å². The minimum Gasteiger partial charge on any atom is -0.497 e. The van der Waals surface area contributed by atoms with Crippen molar-refractivity contribution in [1.82, 2.24) is 10.2 Å². The summed E-state index contributed by atoms with van der Waals surface area (Å²) >= 11 is 0. The average Bonchev–Trinajstić information content (AvgIpc) is 3.83. The summed E-state index contributed by atoms with van der Waals surface area (Å²) in [4.78, 5) is 44.2. The van der Waals surface area contributed by atoms with Gasteiger partial charge in [-0.3, -0.25) is 14.4 Å². The second kappa shape index (κ2) is 10.9. The number of hydrogen-bond acceptors (Lipinski definition) is 9. The SMILES string of the molecule is COc1ccc([C@@]23Oc4cc5c(c(OC)c4[C@]2(O)C(=O)C(C(=O)N2CCCC2NC(=O)C(C)C)[C@H]3c2ccccc2)OCO5)cc1. The molecule has 0 radical (unpaired) electrons. The smallest absolute Gasteiger partial charge is 0.235 e. The maximum absolute atomic E-state index is 15.1. The zero-order valence-corrected chi connectivity index (χ0v) is 26.1. The van der Waals surface area contributed by atoms with E-state index >= 15 is 4.79 Å². The van der Waals surface area contributed by atoms with Crippen molar-refractivity contribution in [1.29, 1.82) is 0 Å². The van der Waals surface area contributed by atoms with Gasteiger partial charge in [0.05, 0.1) is 25.7 Å². The Labute approximate surface area is 266 Å². The maximum atomic E-state index is 15.1. The lowest BCUT2D eigenvalue weighted by Crippen LogP contribution is -2.51. The number of nitrogens with zero attached hydrogens (tertiary/aromatic N) is 1. The van der Waals surface area contributed by atoms with E-state index in [1.54, 1.807) is 56.2 Å². The lowest BCUT2D eigenvalue weighted by molar-refractivity contribution is -0.153. The second-order valence-corrected chi connectivity index (χ2v) is 12.4. The van der Waals surface area contributed by atoms with Crippen molar-refractivity contribution >= 4 is 17.6 Å². The van der Waals surface area contributed by atoms with Crippen LogP contribution in [0, 0.1) is 11.8 Å². The van der Waals surface area contributed by atoms with E-state index in [1.165, 1.54) is 7.11 Å². The molecule has 0 bridgehead atoms. The van der Waals surface area contributed by atoms with E-state index in [-0.39, 0.29) is 41.4 Å². The normalized spacial score (nSPS) is 27.3. The molecule has 4 aliphatic rings. The molecule has 3 aliphatic heterocycles. The molecule has 11 nitrogen and oxygen atoms in total. The molecule has 5 atom stereocenters. The van der Waals surface area contributed by atoms with Crippen LogP contribution >= 0.6 is 0 Å². The molecule has 0 aromatic heterocycles. The van der Waals surface area contributed by atoms with Crippen LogP contribution in [0.5, 0.6) is 28.7 Å². The summed E-state index contributed by atoms with van der Waals surface area (Å²) < 4.78 is 29.5. The predicted molar refractivity (Wildman–Crippen MR) is 164 cm³/mol. The molecular weight excluding hydrogens is 592 g/mol. The van der Waals surface area contributed by atoms with E-state index in [2.05, 4.69) is 5.32 Å². The van der Waals surface area contributed by atoms with Gasteiger partial charge in [0.25, 0.3) is 0 Å². The van der Waals surface area contributed by atoms with Crippen LogP contribution in [0.1, 0.15) is 49.3 Å². The number of ether oxygens (including phenoxy) is 5. The fraction of sp³-hybridized carbons (Fsp3) is 0.400. The highest BCUT2D eigenvalue weighted by Crippen LogP contribution is 2.70. The van der Waals surface area contributed by atoms with E-state index in [0.717, 1.165) is 0 Å². The van der Waals surface area contributed by atoms with Gasteiger partial charge in [0, 0.05) is 24.1 Å². The number of Topliss-reactive ketones (excluding diaryl/α,β-unsaturated/α-hetero) is 1. The fourth-order valence-corrected chi connectivity index (χ4v) is 7.56. The quantitative estimate of drug-likeness (QED) is 0.377. The Morgan fingerprint density at radius 3 is 2.43 bits per heavy atom. The van der Waals surface area contributed by atoms with Gasteiger partial charge in [-0.2, -0.15) is 0 Å². The summed E-state index contributed by atoms with van der Waals surface area (Å²) in [5, 5.41) is 16.2. The van der Waals surface area contributed by atoms with Crippen molar-refractivity contribution in [2.45, 2.75) is 50.0 Å². The number of methoxy groups -OCH3 is 2. The molecule has 7 rings (SSSR count). The van der Waals surface area contributed by atoms with Crippen molar-refractivity contribution < 1.29 is 43.2 Å². The lowest BCUT2D eigenvalue weighted by Gasteiger charge is -2.40. The number of amides is 2. The molecule has 3 aromatic rings. The molecule has 3 aromatic carbocycles. The molecular formula is C35H36N2O9. The minimum absolute atomic E-state index is 0.0716. The Kier molecular flexibility index (Phi) is 7.11. The third-order valence-electron chi connectivity index (χ3n) is 9.68. The van der Waals surface area contributed by atoms with Crippen molar-refractivity contribution in [2.75, 3.05) is 27.6 Å². The van der Waals surface area contributed by atoms with Crippen molar-refractivity contribution in [3.8, 4) is 28.7 Å². The third-order valence-corrected chi connectivity index (χ3v) is 9.68. The molecule has 240 valence electrons. The number of aliphatic hydroxyl groups is 1. The number of fused-ring (bicyclic) bond motifs is 4. The van der Waals surface area contributed by atoms with E-state index in [1.807, 2.05) is 30.3 Å². The van der Waals surface area contributed by atoms with Gasteiger partial charge < -0.3 is 39.0 Å². The van der Waals surface area contributed by atoms with E-state index in [9.17, 15) is 14.7 Å². The number of nitrogens with one attached hydrogen (secondary N) is 1. The first kappa shape index (κ1) is 29.9. The highest BCUT2D eigenvalue weighted by Gasteiger charge is 2.79. The molecule has 0 spiro atoms. The largest absolute Gasteiger partial charge is 0.497 e. The maximum Gasteiger partial charge on any atom is 0.235 e. The van der Waals surface area contributed by atoms with Crippen LogP contribution in [-0.4, -0.2) is 61.3 Å². The van der Waals surface area contributed by atoms with Crippen molar-refractivity contribution in [3.05, 3.63) is 77.4 Å². The van der Waals surface area contributed by atoms with Gasteiger partial charge >= 0.3 is 0 Å². The monoisotopic (exact) mass is 628 g/mol. The zero-order chi connectivity index (χ0) is 32.4. The molecule has 1 saturated carbocycles. The van der Waals surface area contributed by atoms with E-state index < -0.39 is 40.9 Å². The number of carbonyl (C=O) groups excluding carboxylic acids is 3. The number of carbonyl (C=O) groups is 3. The van der Waals surface area contributed by atoms with E-state index in [0.29, 0.717) is 42.0 Å². The highest BCUT2D eigenvalue weighted by atomic mass is 16.7. The number of hydrogen-bond donors (Lipinski definition) is 2. The van der Waals surface area contributed by atoms with Crippen molar-refractivity contribution in [3.63, 3.8) is 0 Å². The fourth-order valence-electron chi connectivity index (χ4n) is 7.56. The van der Waals surface area contributed by atoms with Crippen LogP contribution in [0.15, 0.2) is 60.7 Å². The number of benzene rings is 3. The number of ketones is 1. The van der Waals surface area contributed by atoms with Crippen LogP contribution in [0.3, 0.4) is 0 Å². The Hall–Kier alpha value is -4.77. The first-order chi connectivity index (χ1) is 22.2. The standard InChI is InChI=1S/C35H36N2O9/c1-19(2)32(39)36-25-11-8-16-37(25)33(40)26-27(20-9-6-5-7-10-20)35(21-12-14-22(42-3)15-13-21)34(41,31(26)38)28-23(46-35)17-24-29(30(28)43-4)45-18-44-24/h5-7,9-10,12-15,17,19,25-27,41H,8,11,16,18H2,1-4H3,(H,36,39)/t25?,26?,27-,34+,35+/m1/s1. The van der Waals surface area contributed by atoms with E-state index in [4.69, 9.17) is 23.7 Å². The molecule has 2 fully saturated rings. The van der Waals surface area contributed by atoms with Crippen LogP contribution in [0.25, 0.3) is 0 Å². The summed E-state index contributed by atoms with van der Waals surface area (Å²) in [6.45, 7) is 3.84. The van der Waals surface area contributed by atoms with Gasteiger partial charge in [0.15, 0.2) is 22.9 Å². The van der Waals surface area contributed by atoms with Gasteiger partial charge in [-0.1, -0.05) is 56.3 Å². The van der Waals surface area contributed by atoms with Gasteiger partial charge in [0.1, 0.15) is 23.6 Å². The topological polar surface area (TPSA) is 133 Å². The lowest BCUT2D eigenvalue weighted by atomic mass is 9.70. The Bertz CT molecular complexity index is 1710.